The summed E-state index contributed by atoms with van der Waals surface area (Å²) in [5, 5.41) is 8.71. The third-order valence-corrected chi connectivity index (χ3v) is 5.97. The van der Waals surface area contributed by atoms with Crippen LogP contribution < -0.4 is 0 Å². The second-order valence-electron chi connectivity index (χ2n) is 8.74. The van der Waals surface area contributed by atoms with Crippen LogP contribution >= 0.6 is 0 Å². The number of amides is 1. The van der Waals surface area contributed by atoms with E-state index >= 15 is 0 Å². The monoisotopic (exact) mass is 711 g/mol. The Bertz CT molecular complexity index is 1130. The molecule has 0 radical (unpaired) electrons. The fourth-order valence-electron chi connectivity index (χ4n) is 3.34. The molecule has 44 heavy (non-hydrogen) atoms. The van der Waals surface area contributed by atoms with Gasteiger partial charge in [-0.2, -0.15) is 101 Å². The Kier molecular flexibility index (Phi) is 9.09. The summed E-state index contributed by atoms with van der Waals surface area (Å²) in [6, 6.07) is -2.64. The number of alkyl halides is 23. The van der Waals surface area contributed by atoms with Crippen molar-refractivity contribution in [3.63, 3.8) is 0 Å². The molecule has 27 heteroatoms. The van der Waals surface area contributed by atoms with Gasteiger partial charge in [-0.15, -0.1) is 0 Å². The molecule has 0 spiro atoms. The minimum absolute atomic E-state index is 0.734. The number of halogens is 23. The van der Waals surface area contributed by atoms with Gasteiger partial charge in [0.1, 0.15) is 6.04 Å². The minimum Gasteiger partial charge on any atom is -0.480 e. The zero-order valence-corrected chi connectivity index (χ0v) is 19.6. The molecule has 1 fully saturated rings. The Morgan fingerprint density at radius 1 is 0.477 bits per heavy atom. The fourth-order valence-corrected chi connectivity index (χ4v) is 3.34. The lowest BCUT2D eigenvalue weighted by Crippen LogP contribution is -2.78. The number of likely N-dealkylation sites (tertiary alicyclic amines) is 1. The van der Waals surface area contributed by atoms with Crippen molar-refractivity contribution in [2.45, 2.75) is 84.3 Å². The fraction of sp³-hybridized carbons (Fsp3) is 0.882. The normalized spacial score (nSPS) is 19.4. The van der Waals surface area contributed by atoms with Crippen LogP contribution in [0.15, 0.2) is 0 Å². The van der Waals surface area contributed by atoms with Crippen LogP contribution in [0.2, 0.25) is 0 Å². The van der Waals surface area contributed by atoms with Crippen LogP contribution in [0.4, 0.5) is 101 Å². The summed E-state index contributed by atoms with van der Waals surface area (Å²) in [4.78, 5) is 21.6. The molecule has 1 aliphatic rings. The van der Waals surface area contributed by atoms with E-state index < -0.39 is 108 Å². The van der Waals surface area contributed by atoms with Gasteiger partial charge in [-0.25, -0.2) is 4.79 Å². The molecule has 260 valence electrons. The van der Waals surface area contributed by atoms with Gasteiger partial charge < -0.3 is 10.0 Å². The molecule has 0 bridgehead atoms. The largest absolute Gasteiger partial charge is 0.480 e. The number of carboxylic acids is 1. The molecule has 0 aromatic carbocycles. The van der Waals surface area contributed by atoms with E-state index in [1.165, 1.54) is 0 Å². The maximum Gasteiger partial charge on any atom is 0.460 e. The SMILES string of the molecule is O=C(O)C1CCCN1C(=O)C(F)(F)C(F)(F)C(F)(F)C(F)(F)C(F)(F)C(F)(F)C(F)(F)C(F)(F)C(F)(F)C(F)(F)C(F)(F)F. The van der Waals surface area contributed by atoms with E-state index in [-0.39, 0.29) is 0 Å². The van der Waals surface area contributed by atoms with Crippen molar-refractivity contribution in [3.8, 4) is 0 Å². The van der Waals surface area contributed by atoms with Gasteiger partial charge in [0.25, 0.3) is 0 Å². The standard InChI is InChI=1S/C17H8F23NO3/c18-7(19,6(44)41-3-1-2-4(41)5(42)43)8(20,21)9(22,23)10(24,25)11(26,27)12(28,29)13(30,31)14(32,33)15(34,35)16(36,37)17(38,39)40/h4H,1-3H2,(H,42,43). The number of carbonyl (C=O) groups is 2. The number of carboxylic acid groups (broad SMARTS) is 1. The predicted octanol–water partition coefficient (Wildman–Crippen LogP) is 6.98. The Morgan fingerprint density at radius 2 is 0.750 bits per heavy atom. The molecule has 0 aromatic rings. The molecule has 1 saturated heterocycles. The number of hydrogen-bond donors (Lipinski definition) is 1. The van der Waals surface area contributed by atoms with Crippen LogP contribution in [0.3, 0.4) is 0 Å². The highest BCUT2D eigenvalue weighted by Crippen LogP contribution is 2.67. The third-order valence-electron chi connectivity index (χ3n) is 5.97. The molecule has 1 N–H and O–H groups in total. The van der Waals surface area contributed by atoms with Crippen molar-refractivity contribution >= 4 is 11.9 Å². The van der Waals surface area contributed by atoms with Crippen molar-refractivity contribution in [3.05, 3.63) is 0 Å². The highest BCUT2D eigenvalue weighted by molar-refractivity contribution is 5.89. The Morgan fingerprint density at radius 3 is 1.02 bits per heavy atom. The lowest BCUT2D eigenvalue weighted by molar-refractivity contribution is -0.477. The summed E-state index contributed by atoms with van der Waals surface area (Å²) in [5.41, 5.74) is 0. The van der Waals surface area contributed by atoms with E-state index in [1.54, 1.807) is 0 Å². The molecule has 4 nitrogen and oxygen atoms in total. The van der Waals surface area contributed by atoms with Crippen LogP contribution in [-0.4, -0.2) is 99.9 Å². The summed E-state index contributed by atoms with van der Waals surface area (Å²) in [6.07, 6.45) is -9.83. The summed E-state index contributed by atoms with van der Waals surface area (Å²) < 4.78 is 309. The van der Waals surface area contributed by atoms with E-state index in [0.29, 0.717) is 0 Å². The first-order chi connectivity index (χ1) is 18.8. The highest BCUT2D eigenvalue weighted by Gasteiger charge is 2.99. The summed E-state index contributed by atoms with van der Waals surface area (Å²) in [5.74, 6) is -96.4. The maximum atomic E-state index is 14.1. The first kappa shape index (κ1) is 39.4. The molecular formula is C17H8F23NO3. The second-order valence-corrected chi connectivity index (χ2v) is 8.74. The van der Waals surface area contributed by atoms with Gasteiger partial charge in [0.15, 0.2) is 0 Å². The van der Waals surface area contributed by atoms with Crippen molar-refractivity contribution in [1.29, 1.82) is 0 Å². The van der Waals surface area contributed by atoms with E-state index in [9.17, 15) is 111 Å². The van der Waals surface area contributed by atoms with Gasteiger partial charge in [0, 0.05) is 6.54 Å². The van der Waals surface area contributed by atoms with Gasteiger partial charge >= 0.3 is 77.3 Å². The predicted molar refractivity (Wildman–Crippen MR) is 87.9 cm³/mol. The number of carbonyl (C=O) groups excluding carboxylic acids is 1. The van der Waals surface area contributed by atoms with Crippen LogP contribution in [0.5, 0.6) is 0 Å². The molecule has 1 heterocycles. The average Bonchev–Trinajstić information content (AvgIpc) is 3.31. The topological polar surface area (TPSA) is 57.6 Å². The lowest BCUT2D eigenvalue weighted by atomic mass is 9.85. The first-order valence-corrected chi connectivity index (χ1v) is 10.2. The minimum atomic E-state index is -9.54. The van der Waals surface area contributed by atoms with Crippen LogP contribution in [0.1, 0.15) is 12.8 Å². The van der Waals surface area contributed by atoms with E-state index in [2.05, 4.69) is 0 Å². The van der Waals surface area contributed by atoms with Crippen LogP contribution in [-0.2, 0) is 9.59 Å². The van der Waals surface area contributed by atoms with Gasteiger partial charge in [0.05, 0.1) is 0 Å². The van der Waals surface area contributed by atoms with Gasteiger partial charge in [-0.3, -0.25) is 4.79 Å². The maximum absolute atomic E-state index is 14.1. The van der Waals surface area contributed by atoms with Crippen molar-refractivity contribution in [2.75, 3.05) is 6.54 Å². The molecule has 0 aliphatic carbocycles. The van der Waals surface area contributed by atoms with Crippen molar-refractivity contribution in [2.24, 2.45) is 0 Å². The van der Waals surface area contributed by atoms with Gasteiger partial charge in [-0.05, 0) is 12.8 Å². The molecule has 1 atom stereocenters. The number of nitrogens with zero attached hydrogens (tertiary/aromatic N) is 1. The zero-order chi connectivity index (χ0) is 35.9. The Balaban J connectivity index is 3.82. The molecule has 1 unspecified atom stereocenters. The molecular weight excluding hydrogens is 703 g/mol. The van der Waals surface area contributed by atoms with Crippen LogP contribution in [0, 0.1) is 0 Å². The molecule has 1 aliphatic heterocycles. The van der Waals surface area contributed by atoms with E-state index in [0.717, 1.165) is 0 Å². The highest BCUT2D eigenvalue weighted by atomic mass is 19.4. The zero-order valence-electron chi connectivity index (χ0n) is 19.6. The molecule has 0 saturated carbocycles. The Labute approximate surface area is 224 Å². The summed E-state index contributed by atoms with van der Waals surface area (Å²) >= 11 is 0. The lowest BCUT2D eigenvalue weighted by Gasteiger charge is -2.45. The second kappa shape index (κ2) is 10.2. The van der Waals surface area contributed by atoms with Crippen LogP contribution in [0.25, 0.3) is 0 Å². The smallest absolute Gasteiger partial charge is 0.460 e. The Hall–Kier alpha value is -2.67. The summed E-state index contributed by atoms with van der Waals surface area (Å²) in [7, 11) is 0. The molecule has 0 aromatic heterocycles. The van der Waals surface area contributed by atoms with Crippen molar-refractivity contribution < 1.29 is 116 Å². The number of hydrogen-bond acceptors (Lipinski definition) is 2. The van der Waals surface area contributed by atoms with Crippen molar-refractivity contribution in [1.82, 2.24) is 4.90 Å². The molecule has 1 rings (SSSR count). The molecule has 1 amide bonds. The third kappa shape index (κ3) is 4.66. The summed E-state index contributed by atoms with van der Waals surface area (Å²) in [6.45, 7) is -1.39. The van der Waals surface area contributed by atoms with Gasteiger partial charge in [-0.1, -0.05) is 0 Å². The average molecular weight is 711 g/mol. The van der Waals surface area contributed by atoms with E-state index in [1.807, 2.05) is 0 Å². The number of aliphatic carboxylic acids is 1. The first-order valence-electron chi connectivity index (χ1n) is 10.2. The quantitative estimate of drug-likeness (QED) is 0.236. The number of rotatable bonds is 11. The van der Waals surface area contributed by atoms with Gasteiger partial charge in [0.2, 0.25) is 0 Å². The van der Waals surface area contributed by atoms with E-state index in [4.69, 9.17) is 5.11 Å².